The summed E-state index contributed by atoms with van der Waals surface area (Å²) in [7, 11) is 0. The maximum Gasteiger partial charge on any atom is 0.194 e. The molecule has 1 rings (SSSR count). The molecule has 0 aliphatic carbocycles. The minimum absolute atomic E-state index is 0.0974. The van der Waals surface area contributed by atoms with E-state index in [1.807, 2.05) is 13.8 Å². The van der Waals surface area contributed by atoms with Crippen LogP contribution in [0, 0.1) is 23.4 Å². The average molecular weight is 247 g/mol. The highest BCUT2D eigenvalue weighted by molar-refractivity contribution is 5.22. The molecule has 1 atom stereocenters. The summed E-state index contributed by atoms with van der Waals surface area (Å²) in [6, 6.07) is 1.86. The van der Waals surface area contributed by atoms with Crippen LogP contribution in [-0.2, 0) is 0 Å². The van der Waals surface area contributed by atoms with Gasteiger partial charge in [-0.3, -0.25) is 0 Å². The average Bonchev–Trinajstić information content (AvgIpc) is 2.25. The number of rotatable bonds is 5. The summed E-state index contributed by atoms with van der Waals surface area (Å²) < 4.78 is 38.9. The van der Waals surface area contributed by atoms with Gasteiger partial charge in [-0.1, -0.05) is 19.9 Å². The fourth-order valence-corrected chi connectivity index (χ4v) is 1.42. The fourth-order valence-electron chi connectivity index (χ4n) is 1.42. The van der Waals surface area contributed by atoms with Crippen LogP contribution in [0.25, 0.3) is 0 Å². The van der Waals surface area contributed by atoms with Gasteiger partial charge in [0, 0.05) is 12.1 Å². The Morgan fingerprint density at radius 2 is 1.76 bits per heavy atom. The van der Waals surface area contributed by atoms with Crippen molar-refractivity contribution in [1.82, 2.24) is 5.32 Å². The summed E-state index contributed by atoms with van der Waals surface area (Å²) in [5, 5.41) is 12.5. The number of benzene rings is 1. The second kappa shape index (κ2) is 6.02. The molecule has 0 aromatic heterocycles. The van der Waals surface area contributed by atoms with Crippen LogP contribution in [0.2, 0.25) is 0 Å². The fraction of sp³-hybridized carbons (Fsp3) is 0.500. The van der Waals surface area contributed by atoms with E-state index in [9.17, 15) is 18.3 Å². The second-order valence-electron chi connectivity index (χ2n) is 4.33. The monoisotopic (exact) mass is 247 g/mol. The van der Waals surface area contributed by atoms with Crippen molar-refractivity contribution in [1.29, 1.82) is 0 Å². The van der Waals surface area contributed by atoms with Crippen LogP contribution in [-0.4, -0.2) is 18.2 Å². The van der Waals surface area contributed by atoms with Gasteiger partial charge in [0.15, 0.2) is 17.5 Å². The number of nitrogens with one attached hydrogen (secondary N) is 1. The number of halogens is 3. The Morgan fingerprint density at radius 3 is 2.35 bits per heavy atom. The predicted molar refractivity (Wildman–Crippen MR) is 59.0 cm³/mol. The van der Waals surface area contributed by atoms with E-state index in [0.29, 0.717) is 12.5 Å². The Balaban J connectivity index is 2.69. The molecule has 0 heterocycles. The number of hydrogen-bond donors (Lipinski definition) is 2. The number of aliphatic hydroxyl groups is 1. The van der Waals surface area contributed by atoms with Gasteiger partial charge in [0.25, 0.3) is 0 Å². The van der Waals surface area contributed by atoms with Gasteiger partial charge in [0.1, 0.15) is 0 Å². The first-order chi connectivity index (χ1) is 7.93. The third kappa shape index (κ3) is 3.71. The standard InChI is InChI=1S/C12H16F3NO/c1-7(2)5-16-6-10(17)8-3-4-9(13)12(15)11(8)14/h3-4,7,10,16-17H,5-6H2,1-2H3. The molecule has 0 radical (unpaired) electrons. The Labute approximate surface area is 98.5 Å². The highest BCUT2D eigenvalue weighted by atomic mass is 19.2. The van der Waals surface area contributed by atoms with Gasteiger partial charge in [0.05, 0.1) is 6.10 Å². The molecule has 2 N–H and O–H groups in total. The van der Waals surface area contributed by atoms with Crippen LogP contribution in [0.4, 0.5) is 13.2 Å². The first-order valence-electron chi connectivity index (χ1n) is 5.45. The number of hydrogen-bond acceptors (Lipinski definition) is 2. The van der Waals surface area contributed by atoms with Gasteiger partial charge in [0.2, 0.25) is 0 Å². The third-order valence-corrected chi connectivity index (χ3v) is 2.31. The minimum Gasteiger partial charge on any atom is -0.387 e. The van der Waals surface area contributed by atoms with E-state index in [4.69, 9.17) is 0 Å². The SMILES string of the molecule is CC(C)CNCC(O)c1ccc(F)c(F)c1F. The van der Waals surface area contributed by atoms with Gasteiger partial charge < -0.3 is 10.4 Å². The largest absolute Gasteiger partial charge is 0.387 e. The summed E-state index contributed by atoms with van der Waals surface area (Å²) in [5.74, 6) is -3.75. The Kier molecular flexibility index (Phi) is 4.96. The summed E-state index contributed by atoms with van der Waals surface area (Å²) in [5.41, 5.74) is -0.236. The van der Waals surface area contributed by atoms with Crippen LogP contribution >= 0.6 is 0 Å². The lowest BCUT2D eigenvalue weighted by atomic mass is 10.1. The van der Waals surface area contributed by atoms with Crippen LogP contribution in [0.5, 0.6) is 0 Å². The smallest absolute Gasteiger partial charge is 0.194 e. The van der Waals surface area contributed by atoms with E-state index in [2.05, 4.69) is 5.32 Å². The molecule has 96 valence electrons. The topological polar surface area (TPSA) is 32.3 Å². The Morgan fingerprint density at radius 1 is 1.12 bits per heavy atom. The van der Waals surface area contributed by atoms with Crippen LogP contribution in [0.1, 0.15) is 25.5 Å². The van der Waals surface area contributed by atoms with Crippen molar-refractivity contribution in [3.63, 3.8) is 0 Å². The Bertz CT molecular complexity index is 382. The summed E-state index contributed by atoms with van der Waals surface area (Å²) >= 11 is 0. The second-order valence-corrected chi connectivity index (χ2v) is 4.33. The molecular weight excluding hydrogens is 231 g/mol. The highest BCUT2D eigenvalue weighted by Crippen LogP contribution is 2.20. The lowest BCUT2D eigenvalue weighted by Crippen LogP contribution is -2.26. The van der Waals surface area contributed by atoms with Gasteiger partial charge in [-0.25, -0.2) is 13.2 Å². The molecule has 17 heavy (non-hydrogen) atoms. The van der Waals surface area contributed by atoms with Gasteiger partial charge >= 0.3 is 0 Å². The molecule has 1 aromatic carbocycles. The first kappa shape index (κ1) is 14.0. The predicted octanol–water partition coefficient (Wildman–Crippen LogP) is 2.38. The zero-order chi connectivity index (χ0) is 13.0. The highest BCUT2D eigenvalue weighted by Gasteiger charge is 2.18. The molecular formula is C12H16F3NO. The molecule has 0 fully saturated rings. The van der Waals surface area contributed by atoms with Crippen LogP contribution < -0.4 is 5.32 Å². The summed E-state index contributed by atoms with van der Waals surface area (Å²) in [6.07, 6.45) is -1.19. The van der Waals surface area contributed by atoms with Crippen LogP contribution in [0.15, 0.2) is 12.1 Å². The molecule has 0 saturated heterocycles. The first-order valence-corrected chi connectivity index (χ1v) is 5.45. The van der Waals surface area contributed by atoms with Gasteiger partial charge in [-0.2, -0.15) is 0 Å². The summed E-state index contributed by atoms with van der Waals surface area (Å²) in [6.45, 7) is 4.72. The minimum atomic E-state index is -1.55. The number of aliphatic hydroxyl groups excluding tert-OH is 1. The van der Waals surface area contributed by atoms with Crippen molar-refractivity contribution in [2.24, 2.45) is 5.92 Å². The van der Waals surface area contributed by atoms with E-state index in [1.165, 1.54) is 0 Å². The van der Waals surface area contributed by atoms with Gasteiger partial charge in [-0.05, 0) is 18.5 Å². The Hall–Kier alpha value is -1.07. The van der Waals surface area contributed by atoms with Crippen molar-refractivity contribution in [2.75, 3.05) is 13.1 Å². The molecule has 1 unspecified atom stereocenters. The van der Waals surface area contributed by atoms with E-state index in [1.54, 1.807) is 0 Å². The molecule has 1 aromatic rings. The normalized spacial score (nSPS) is 13.1. The molecule has 0 amide bonds. The molecule has 2 nitrogen and oxygen atoms in total. The zero-order valence-corrected chi connectivity index (χ0v) is 9.80. The molecule has 5 heteroatoms. The molecule has 0 aliphatic rings. The van der Waals surface area contributed by atoms with Crippen molar-refractivity contribution in [3.8, 4) is 0 Å². The molecule has 0 saturated carbocycles. The van der Waals surface area contributed by atoms with Crippen molar-refractivity contribution >= 4 is 0 Å². The van der Waals surface area contributed by atoms with E-state index in [0.717, 1.165) is 12.1 Å². The third-order valence-electron chi connectivity index (χ3n) is 2.31. The molecule has 0 spiro atoms. The van der Waals surface area contributed by atoms with Crippen molar-refractivity contribution in [2.45, 2.75) is 20.0 Å². The van der Waals surface area contributed by atoms with Crippen molar-refractivity contribution in [3.05, 3.63) is 35.1 Å². The molecule has 0 aliphatic heterocycles. The lowest BCUT2D eigenvalue weighted by molar-refractivity contribution is 0.167. The van der Waals surface area contributed by atoms with Crippen LogP contribution in [0.3, 0.4) is 0 Å². The zero-order valence-electron chi connectivity index (χ0n) is 9.80. The van der Waals surface area contributed by atoms with E-state index < -0.39 is 23.6 Å². The molecule has 0 bridgehead atoms. The van der Waals surface area contributed by atoms with E-state index >= 15 is 0 Å². The van der Waals surface area contributed by atoms with E-state index in [-0.39, 0.29) is 12.1 Å². The quantitative estimate of drug-likeness (QED) is 0.783. The maximum atomic E-state index is 13.3. The van der Waals surface area contributed by atoms with Crippen molar-refractivity contribution < 1.29 is 18.3 Å². The lowest BCUT2D eigenvalue weighted by Gasteiger charge is -2.14. The van der Waals surface area contributed by atoms with Gasteiger partial charge in [-0.15, -0.1) is 0 Å². The summed E-state index contributed by atoms with van der Waals surface area (Å²) in [4.78, 5) is 0. The maximum absolute atomic E-state index is 13.3.